The van der Waals surface area contributed by atoms with Crippen molar-refractivity contribution in [3.8, 4) is 78.7 Å². The van der Waals surface area contributed by atoms with E-state index in [1.165, 1.54) is 66.0 Å². The van der Waals surface area contributed by atoms with Gasteiger partial charge in [-0.05, 0) is 110 Å². The minimum absolute atomic E-state index is 0.795. The van der Waals surface area contributed by atoms with Crippen molar-refractivity contribution in [2.75, 3.05) is 0 Å². The van der Waals surface area contributed by atoms with Crippen LogP contribution in [0.4, 0.5) is 0 Å². The normalized spacial score (nSPS) is 11.4. The quantitative estimate of drug-likeness (QED) is 0.153. The fraction of sp³-hybridized carbons (Fsp3) is 0. The molecule has 0 saturated heterocycles. The van der Waals surface area contributed by atoms with E-state index in [0.717, 1.165) is 45.3 Å². The molecule has 0 aliphatic rings. The van der Waals surface area contributed by atoms with Crippen LogP contribution in [0.25, 0.3) is 111 Å². The summed E-state index contributed by atoms with van der Waals surface area (Å²) in [5.41, 5.74) is 16.0. The molecule has 0 radical (unpaired) electrons. The van der Waals surface area contributed by atoms with Gasteiger partial charge in [0.25, 0.3) is 0 Å². The van der Waals surface area contributed by atoms with E-state index in [-0.39, 0.29) is 0 Å². The Hall–Kier alpha value is -8.60. The van der Waals surface area contributed by atoms with Crippen LogP contribution in [-0.4, -0.2) is 19.3 Å². The highest BCUT2D eigenvalue weighted by atomic mass is 15.3. The first kappa shape index (κ1) is 37.2. The summed E-state index contributed by atoms with van der Waals surface area (Å²) in [5.74, 6) is 1.60. The van der Waals surface area contributed by atoms with Crippen molar-refractivity contribution >= 4 is 32.6 Å². The van der Waals surface area contributed by atoms with Gasteiger partial charge in [0.15, 0.2) is 11.6 Å². The average Bonchev–Trinajstić information content (AvgIpc) is 3.97. The molecule has 2 aromatic heterocycles. The van der Waals surface area contributed by atoms with E-state index in [1.807, 2.05) is 24.3 Å². The van der Waals surface area contributed by atoms with E-state index in [0.29, 0.717) is 0 Å². The van der Waals surface area contributed by atoms with Gasteiger partial charge >= 0.3 is 0 Å². The van der Waals surface area contributed by atoms with E-state index in [1.54, 1.807) is 0 Å². The molecule has 0 aliphatic heterocycles. The largest absolute Gasteiger partial charge is 0.309 e. The molecular weight excluding hydrogens is 777 g/mol. The Morgan fingerprint density at radius 2 is 0.656 bits per heavy atom. The van der Waals surface area contributed by atoms with Crippen LogP contribution in [0.1, 0.15) is 0 Å². The summed E-state index contributed by atoms with van der Waals surface area (Å²) in [6.45, 7) is 0. The van der Waals surface area contributed by atoms with Gasteiger partial charge in [0.2, 0.25) is 0 Å². The van der Waals surface area contributed by atoms with Crippen molar-refractivity contribution in [2.24, 2.45) is 0 Å². The third-order valence-corrected chi connectivity index (χ3v) is 12.5. The van der Waals surface area contributed by atoms with Crippen LogP contribution in [0.2, 0.25) is 0 Å². The summed E-state index contributed by atoms with van der Waals surface area (Å²) in [7, 11) is 0. The summed E-state index contributed by atoms with van der Waals surface area (Å²) >= 11 is 0. The number of rotatable bonds is 8. The minimum atomic E-state index is 0.795. The van der Waals surface area contributed by atoms with Gasteiger partial charge in [0, 0.05) is 33.3 Å². The number of aromatic nitrogens is 4. The van der Waals surface area contributed by atoms with Crippen LogP contribution >= 0.6 is 0 Å². The highest BCUT2D eigenvalue weighted by Crippen LogP contribution is 2.42. The van der Waals surface area contributed by atoms with Crippen molar-refractivity contribution in [3.05, 3.63) is 243 Å². The first-order valence-electron chi connectivity index (χ1n) is 21.7. The Labute approximate surface area is 371 Å². The molecule has 2 heterocycles. The summed E-state index contributed by atoms with van der Waals surface area (Å²) in [5, 5.41) is 14.4. The first-order valence-corrected chi connectivity index (χ1v) is 21.7. The maximum Gasteiger partial charge on any atom is 0.168 e. The third-order valence-electron chi connectivity index (χ3n) is 12.5. The minimum Gasteiger partial charge on any atom is -0.309 e. The van der Waals surface area contributed by atoms with Gasteiger partial charge in [-0.2, -0.15) is 0 Å². The van der Waals surface area contributed by atoms with Crippen molar-refractivity contribution < 1.29 is 0 Å². The second-order valence-corrected chi connectivity index (χ2v) is 16.2. The van der Waals surface area contributed by atoms with Crippen LogP contribution in [0, 0.1) is 0 Å². The number of benzene rings is 10. The van der Waals surface area contributed by atoms with E-state index in [9.17, 15) is 0 Å². The van der Waals surface area contributed by atoms with Gasteiger partial charge in [0.05, 0.1) is 11.0 Å². The number of hydrogen-bond donors (Lipinski definition) is 0. The van der Waals surface area contributed by atoms with E-state index < -0.39 is 0 Å². The van der Waals surface area contributed by atoms with Gasteiger partial charge in [-0.3, -0.25) is 4.57 Å². The molecule has 0 saturated carbocycles. The molecule has 0 fully saturated rings. The zero-order chi connectivity index (χ0) is 42.4. The fourth-order valence-electron chi connectivity index (χ4n) is 9.40. The summed E-state index contributed by atoms with van der Waals surface area (Å²) in [6.07, 6.45) is 0. The topological polar surface area (TPSA) is 35.6 Å². The zero-order valence-corrected chi connectivity index (χ0v) is 34.9. The number of fused-ring (bicyclic) bond motifs is 4. The third kappa shape index (κ3) is 6.48. The molecule has 0 bridgehead atoms. The Bertz CT molecular complexity index is 3640. The van der Waals surface area contributed by atoms with Gasteiger partial charge in [-0.25, -0.2) is 0 Å². The van der Waals surface area contributed by atoms with E-state index in [4.69, 9.17) is 10.2 Å². The molecular formula is C60H40N4. The number of para-hydroxylation sites is 2. The summed E-state index contributed by atoms with van der Waals surface area (Å²) < 4.78 is 4.54. The van der Waals surface area contributed by atoms with E-state index in [2.05, 4.69) is 228 Å². The van der Waals surface area contributed by atoms with Crippen molar-refractivity contribution in [3.63, 3.8) is 0 Å². The van der Waals surface area contributed by atoms with Crippen molar-refractivity contribution in [1.29, 1.82) is 0 Å². The molecule has 10 aromatic carbocycles. The summed E-state index contributed by atoms with van der Waals surface area (Å²) in [4.78, 5) is 0. The Morgan fingerprint density at radius 3 is 1.28 bits per heavy atom. The lowest BCUT2D eigenvalue weighted by molar-refractivity contribution is 1.07. The van der Waals surface area contributed by atoms with Crippen LogP contribution < -0.4 is 0 Å². The molecule has 0 N–H and O–H groups in total. The fourth-order valence-corrected chi connectivity index (χ4v) is 9.40. The molecule has 0 aliphatic carbocycles. The lowest BCUT2D eigenvalue weighted by Crippen LogP contribution is -2.00. The van der Waals surface area contributed by atoms with Crippen LogP contribution in [0.15, 0.2) is 243 Å². The van der Waals surface area contributed by atoms with Gasteiger partial charge in [0.1, 0.15) is 0 Å². The Morgan fingerprint density at radius 1 is 0.250 bits per heavy atom. The average molecular weight is 817 g/mol. The highest BCUT2D eigenvalue weighted by molar-refractivity contribution is 6.12. The molecule has 12 rings (SSSR count). The second-order valence-electron chi connectivity index (χ2n) is 16.2. The number of hydrogen-bond acceptors (Lipinski definition) is 2. The molecule has 64 heavy (non-hydrogen) atoms. The molecule has 0 unspecified atom stereocenters. The highest BCUT2D eigenvalue weighted by Gasteiger charge is 2.20. The lowest BCUT2D eigenvalue weighted by atomic mass is 9.89. The number of nitrogens with zero attached hydrogens (tertiary/aromatic N) is 4. The van der Waals surface area contributed by atoms with Gasteiger partial charge in [-0.1, -0.05) is 188 Å². The smallest absolute Gasteiger partial charge is 0.168 e. The van der Waals surface area contributed by atoms with Crippen LogP contribution in [0.5, 0.6) is 0 Å². The first-order chi connectivity index (χ1) is 31.7. The Kier molecular flexibility index (Phi) is 9.12. The standard InChI is InChI=1S/C60H40N4/c1-4-17-43(18-5-1)59-61-62-60(64(59)50-22-8-3-9-23-50)44-31-29-42(30-32-44)51-24-12-14-26-53(51)54-27-15-13-25-52(54)48-35-37-58-56(40-48)55-39-47(46-33-28-41-16-10-11-19-45(41)38-46)34-36-57(55)63(58)49-20-6-2-7-21-49/h1-40H. The van der Waals surface area contributed by atoms with E-state index >= 15 is 0 Å². The lowest BCUT2D eigenvalue weighted by Gasteiger charge is -2.16. The SMILES string of the molecule is c1ccc(-c2nnc(-c3ccc(-c4ccccc4-c4ccccc4-c4ccc5c(c4)c4cc(-c6ccc7ccccc7c6)ccc4n5-c4ccccc4)cc3)n2-c2ccccc2)cc1. The monoisotopic (exact) mass is 816 g/mol. The van der Waals surface area contributed by atoms with Crippen molar-refractivity contribution in [1.82, 2.24) is 19.3 Å². The predicted octanol–water partition coefficient (Wildman–Crippen LogP) is 15.5. The molecule has 4 heteroatoms. The van der Waals surface area contributed by atoms with Crippen LogP contribution in [0.3, 0.4) is 0 Å². The second kappa shape index (κ2) is 15.7. The Balaban J connectivity index is 0.960. The molecule has 0 amide bonds. The molecule has 12 aromatic rings. The van der Waals surface area contributed by atoms with Gasteiger partial charge in [-0.15, -0.1) is 10.2 Å². The van der Waals surface area contributed by atoms with Crippen LogP contribution in [-0.2, 0) is 0 Å². The maximum absolute atomic E-state index is 4.75. The molecule has 4 nitrogen and oxygen atoms in total. The van der Waals surface area contributed by atoms with Gasteiger partial charge < -0.3 is 4.57 Å². The predicted molar refractivity (Wildman–Crippen MR) is 266 cm³/mol. The molecule has 0 spiro atoms. The summed E-state index contributed by atoms with van der Waals surface area (Å²) in [6, 6.07) is 86.8. The molecule has 300 valence electrons. The molecule has 0 atom stereocenters. The maximum atomic E-state index is 4.75. The zero-order valence-electron chi connectivity index (χ0n) is 34.9. The van der Waals surface area contributed by atoms with Crippen molar-refractivity contribution in [2.45, 2.75) is 0 Å².